The van der Waals surface area contributed by atoms with Crippen LogP contribution >= 0.6 is 11.3 Å². The molecule has 4 rings (SSSR count). The Morgan fingerprint density at radius 1 is 1.00 bits per heavy atom. The van der Waals surface area contributed by atoms with E-state index < -0.39 is 0 Å². The molecule has 0 saturated carbocycles. The summed E-state index contributed by atoms with van der Waals surface area (Å²) in [5, 5.41) is 1.21. The summed E-state index contributed by atoms with van der Waals surface area (Å²) in [4.78, 5) is 2.21. The largest absolute Gasteiger partial charge is 0.438 e. The van der Waals surface area contributed by atoms with E-state index in [1.54, 1.807) is 11.3 Å². The van der Waals surface area contributed by atoms with Crippen molar-refractivity contribution in [3.8, 4) is 5.75 Å². The highest BCUT2D eigenvalue weighted by molar-refractivity contribution is 7.18. The zero-order chi connectivity index (χ0) is 23.5. The van der Waals surface area contributed by atoms with Crippen molar-refractivity contribution in [2.45, 2.75) is 41.2 Å². The van der Waals surface area contributed by atoms with Gasteiger partial charge >= 0.3 is 0 Å². The van der Waals surface area contributed by atoms with Crippen LogP contribution in [0.5, 0.6) is 5.75 Å². The van der Waals surface area contributed by atoms with Gasteiger partial charge in [0.25, 0.3) is 5.01 Å². The third-order valence-electron chi connectivity index (χ3n) is 6.10. The minimum atomic E-state index is 0.759. The Bertz CT molecular complexity index is 1310. The fourth-order valence-electron chi connectivity index (χ4n) is 4.02. The summed E-state index contributed by atoms with van der Waals surface area (Å²) in [7, 11) is 0. The molecule has 170 valence electrons. The van der Waals surface area contributed by atoms with Crippen LogP contribution in [0.2, 0.25) is 0 Å². The lowest BCUT2D eigenvalue weighted by Crippen LogP contribution is -2.33. The van der Waals surface area contributed by atoms with Crippen LogP contribution in [0.3, 0.4) is 0 Å². The van der Waals surface area contributed by atoms with Gasteiger partial charge in [-0.3, -0.25) is 0 Å². The minimum absolute atomic E-state index is 0.759. The highest BCUT2D eigenvalue weighted by Crippen LogP contribution is 2.40. The molecule has 0 radical (unpaired) electrons. The lowest BCUT2D eigenvalue weighted by molar-refractivity contribution is -0.665. The number of fused-ring (bicyclic) bond motifs is 2. The van der Waals surface area contributed by atoms with E-state index in [0.29, 0.717) is 0 Å². The third kappa shape index (κ3) is 4.46. The van der Waals surface area contributed by atoms with Crippen LogP contribution < -0.4 is 19.9 Å². The van der Waals surface area contributed by atoms with Gasteiger partial charge in [-0.05, 0) is 70.0 Å². The SMILES string of the molecule is CCN1\C(=C(C)/C(C)=C/C=C(N)/C(C)=C/c2sc3ccccc3[n+]2CC)Oc2ccccc21. The van der Waals surface area contributed by atoms with Gasteiger partial charge in [0.15, 0.2) is 5.75 Å². The molecule has 33 heavy (non-hydrogen) atoms. The quantitative estimate of drug-likeness (QED) is 0.336. The Morgan fingerprint density at radius 3 is 2.48 bits per heavy atom. The molecule has 1 aromatic heterocycles. The van der Waals surface area contributed by atoms with Crippen molar-refractivity contribution in [1.29, 1.82) is 0 Å². The average Bonchev–Trinajstić information content (AvgIpc) is 3.38. The van der Waals surface area contributed by atoms with E-state index in [1.165, 1.54) is 15.2 Å². The van der Waals surface area contributed by atoms with Gasteiger partial charge in [0.2, 0.25) is 11.4 Å². The highest BCUT2D eigenvalue weighted by atomic mass is 32.1. The summed E-state index contributed by atoms with van der Waals surface area (Å²) in [5.74, 6) is 1.80. The predicted octanol–water partition coefficient (Wildman–Crippen LogP) is 6.55. The molecule has 0 fully saturated rings. The van der Waals surface area contributed by atoms with Crippen molar-refractivity contribution >= 4 is 33.3 Å². The normalized spacial score (nSPS) is 16.3. The number of ether oxygens (including phenoxy) is 1. The summed E-state index contributed by atoms with van der Waals surface area (Å²) >= 11 is 1.80. The lowest BCUT2D eigenvalue weighted by atomic mass is 10.1. The van der Waals surface area contributed by atoms with Crippen molar-refractivity contribution in [2.24, 2.45) is 5.73 Å². The number of aromatic nitrogens is 1. The first-order valence-corrected chi connectivity index (χ1v) is 12.3. The number of nitrogens with zero attached hydrogens (tertiary/aromatic N) is 2. The van der Waals surface area contributed by atoms with Crippen LogP contribution in [0.4, 0.5) is 5.69 Å². The van der Waals surface area contributed by atoms with E-state index in [-0.39, 0.29) is 0 Å². The van der Waals surface area contributed by atoms with Crippen LogP contribution in [-0.4, -0.2) is 6.54 Å². The first-order chi connectivity index (χ1) is 15.9. The van der Waals surface area contributed by atoms with Gasteiger partial charge in [0.05, 0.1) is 5.69 Å². The van der Waals surface area contributed by atoms with Gasteiger partial charge in [0, 0.05) is 30.0 Å². The number of allylic oxidation sites excluding steroid dienone is 5. The summed E-state index contributed by atoms with van der Waals surface area (Å²) in [6.07, 6.45) is 6.26. The summed E-state index contributed by atoms with van der Waals surface area (Å²) < 4.78 is 9.80. The molecule has 0 amide bonds. The number of nitrogens with two attached hydrogens (primary N) is 1. The van der Waals surface area contributed by atoms with Crippen molar-refractivity contribution in [1.82, 2.24) is 0 Å². The second kappa shape index (κ2) is 9.67. The second-order valence-electron chi connectivity index (χ2n) is 8.20. The van der Waals surface area contributed by atoms with Crippen LogP contribution in [0, 0.1) is 0 Å². The van der Waals surface area contributed by atoms with Crippen molar-refractivity contribution < 1.29 is 9.30 Å². The molecule has 3 aromatic rings. The minimum Gasteiger partial charge on any atom is -0.438 e. The maximum Gasteiger partial charge on any atom is 0.263 e. The molecule has 0 bridgehead atoms. The molecule has 0 spiro atoms. The van der Waals surface area contributed by atoms with Crippen molar-refractivity contribution in [3.05, 3.63) is 94.0 Å². The molecule has 0 aliphatic carbocycles. The maximum absolute atomic E-state index is 6.46. The van der Waals surface area contributed by atoms with E-state index in [0.717, 1.165) is 52.8 Å². The Kier molecular flexibility index (Phi) is 6.70. The molecule has 2 N–H and O–H groups in total. The predicted molar refractivity (Wildman–Crippen MR) is 140 cm³/mol. The first kappa shape index (κ1) is 22.9. The molecule has 1 aliphatic rings. The van der Waals surface area contributed by atoms with Gasteiger partial charge < -0.3 is 15.4 Å². The smallest absolute Gasteiger partial charge is 0.263 e. The Hall–Kier alpha value is -3.31. The highest BCUT2D eigenvalue weighted by Gasteiger charge is 2.26. The van der Waals surface area contributed by atoms with Gasteiger partial charge in [-0.25, -0.2) is 0 Å². The van der Waals surface area contributed by atoms with Gasteiger partial charge in [-0.2, -0.15) is 4.57 Å². The molecule has 0 saturated heterocycles. The van der Waals surface area contributed by atoms with Gasteiger partial charge in [-0.1, -0.05) is 41.7 Å². The molecule has 4 nitrogen and oxygen atoms in total. The van der Waals surface area contributed by atoms with Crippen LogP contribution in [0.25, 0.3) is 16.3 Å². The number of thiazole rings is 1. The first-order valence-electron chi connectivity index (χ1n) is 11.4. The van der Waals surface area contributed by atoms with E-state index >= 15 is 0 Å². The van der Waals surface area contributed by atoms with Crippen molar-refractivity contribution in [3.63, 3.8) is 0 Å². The monoisotopic (exact) mass is 458 g/mol. The number of benzene rings is 2. The van der Waals surface area contributed by atoms with Crippen LogP contribution in [-0.2, 0) is 6.54 Å². The Balaban J connectivity index is 1.60. The molecular formula is C28H32N3OS+. The summed E-state index contributed by atoms with van der Waals surface area (Å²) in [5.41, 5.74) is 12.9. The topological polar surface area (TPSA) is 42.4 Å². The molecular weight excluding hydrogens is 426 g/mol. The fraction of sp³-hybridized carbons (Fsp3) is 0.250. The molecule has 5 heteroatoms. The molecule has 1 aliphatic heterocycles. The van der Waals surface area contributed by atoms with Gasteiger partial charge in [0.1, 0.15) is 11.2 Å². The Labute approximate surface area is 200 Å². The molecule has 2 heterocycles. The third-order valence-corrected chi connectivity index (χ3v) is 7.21. The van der Waals surface area contributed by atoms with Crippen LogP contribution in [0.15, 0.2) is 89.0 Å². The second-order valence-corrected chi connectivity index (χ2v) is 9.26. The molecule has 0 atom stereocenters. The standard InChI is InChI=1S/C28H32N3OS/c1-6-30-24-13-9-11-15-26(24)33-27(30)18-20(4)22(29)17-16-19(3)21(5)28-31(7-2)23-12-8-10-14-25(23)32-28/h8-18H,6-7,29H2,1-5H3/q+1. The number of para-hydroxylation sites is 3. The van der Waals surface area contributed by atoms with E-state index in [2.05, 4.69) is 86.6 Å². The average molecular weight is 459 g/mol. The number of anilines is 1. The fourth-order valence-corrected chi connectivity index (χ4v) is 5.25. The summed E-state index contributed by atoms with van der Waals surface area (Å²) in [6, 6.07) is 16.7. The lowest BCUT2D eigenvalue weighted by Gasteiger charge is -2.18. The number of hydrogen-bond donors (Lipinski definition) is 1. The van der Waals surface area contributed by atoms with E-state index in [1.807, 2.05) is 24.3 Å². The van der Waals surface area contributed by atoms with Crippen molar-refractivity contribution in [2.75, 3.05) is 11.4 Å². The number of hydrogen-bond acceptors (Lipinski definition) is 4. The zero-order valence-corrected chi connectivity index (χ0v) is 20.9. The van der Waals surface area contributed by atoms with Crippen LogP contribution in [0.1, 0.15) is 39.6 Å². The molecule has 0 unspecified atom stereocenters. The van der Waals surface area contributed by atoms with Gasteiger partial charge in [-0.15, -0.1) is 0 Å². The number of rotatable bonds is 6. The summed E-state index contributed by atoms with van der Waals surface area (Å²) in [6.45, 7) is 12.4. The van der Waals surface area contributed by atoms with E-state index in [4.69, 9.17) is 10.5 Å². The maximum atomic E-state index is 6.46. The molecule has 2 aromatic carbocycles. The number of aryl methyl sites for hydroxylation is 1. The zero-order valence-electron chi connectivity index (χ0n) is 20.1. The van der Waals surface area contributed by atoms with E-state index in [9.17, 15) is 0 Å². The Morgan fingerprint density at radius 2 is 1.73 bits per heavy atom.